The Labute approximate surface area is 186 Å². The van der Waals surface area contributed by atoms with E-state index in [-0.39, 0.29) is 12.5 Å². The zero-order valence-corrected chi connectivity index (χ0v) is 17.5. The van der Waals surface area contributed by atoms with Crippen molar-refractivity contribution in [3.63, 3.8) is 0 Å². The van der Waals surface area contributed by atoms with Gasteiger partial charge in [0.15, 0.2) is 0 Å². The Balaban J connectivity index is 1.24. The first-order valence-electron chi connectivity index (χ1n) is 10.8. The van der Waals surface area contributed by atoms with E-state index in [2.05, 4.69) is 29.6 Å². The molecule has 1 atom stereocenters. The Kier molecular flexibility index (Phi) is 5.42. The van der Waals surface area contributed by atoms with E-state index in [9.17, 15) is 9.59 Å². The van der Waals surface area contributed by atoms with E-state index in [1.807, 2.05) is 66.7 Å². The molecule has 0 aromatic heterocycles. The highest BCUT2D eigenvalue weighted by atomic mass is 16.5. The summed E-state index contributed by atoms with van der Waals surface area (Å²) in [4.78, 5) is 24.1. The Morgan fingerprint density at radius 2 is 1.47 bits per heavy atom. The number of aldehydes is 1. The maximum atomic E-state index is 12.5. The summed E-state index contributed by atoms with van der Waals surface area (Å²) in [6, 6.07) is 29.9. The van der Waals surface area contributed by atoms with Crippen LogP contribution in [-0.4, -0.2) is 25.0 Å². The summed E-state index contributed by atoms with van der Waals surface area (Å²) in [6.45, 7) is 0.224. The molecular formula is C28H23NO3. The highest BCUT2D eigenvalue weighted by Gasteiger charge is 2.29. The normalized spacial score (nSPS) is 13.2. The van der Waals surface area contributed by atoms with Gasteiger partial charge in [-0.05, 0) is 45.0 Å². The van der Waals surface area contributed by atoms with Gasteiger partial charge in [-0.2, -0.15) is 0 Å². The third-order valence-electron chi connectivity index (χ3n) is 6.08. The van der Waals surface area contributed by atoms with E-state index >= 15 is 0 Å². The van der Waals surface area contributed by atoms with Crippen LogP contribution in [0.3, 0.4) is 0 Å². The molecule has 0 aliphatic heterocycles. The molecule has 1 aliphatic carbocycles. The van der Waals surface area contributed by atoms with Crippen LogP contribution in [0.25, 0.3) is 21.9 Å². The molecule has 32 heavy (non-hydrogen) atoms. The molecule has 0 unspecified atom stereocenters. The summed E-state index contributed by atoms with van der Waals surface area (Å²) in [7, 11) is 0. The number of rotatable bonds is 6. The second-order valence-corrected chi connectivity index (χ2v) is 8.10. The SMILES string of the molecule is O=C[C@@H](Cc1ccc2ccccc2c1)NC(=O)OCC1c2ccccc2-c2ccccc21. The maximum absolute atomic E-state index is 12.5. The summed E-state index contributed by atoms with van der Waals surface area (Å²) in [6.07, 6.45) is 0.597. The summed E-state index contributed by atoms with van der Waals surface area (Å²) in [5, 5.41) is 4.96. The Bertz CT molecular complexity index is 1250. The largest absolute Gasteiger partial charge is 0.449 e. The van der Waals surface area contributed by atoms with Gasteiger partial charge in [-0.15, -0.1) is 0 Å². The minimum Gasteiger partial charge on any atom is -0.449 e. The summed E-state index contributed by atoms with van der Waals surface area (Å²) in [5.74, 6) is -0.0108. The predicted molar refractivity (Wildman–Crippen MR) is 126 cm³/mol. The van der Waals surface area contributed by atoms with Gasteiger partial charge >= 0.3 is 6.09 Å². The second kappa shape index (κ2) is 8.67. The quantitative estimate of drug-likeness (QED) is 0.419. The second-order valence-electron chi connectivity index (χ2n) is 8.10. The molecule has 0 radical (unpaired) electrons. The summed E-state index contributed by atoms with van der Waals surface area (Å²) in [5.41, 5.74) is 5.66. The number of ether oxygens (including phenoxy) is 1. The number of hydrogen-bond acceptors (Lipinski definition) is 3. The van der Waals surface area contributed by atoms with Gasteiger partial charge in [-0.25, -0.2) is 4.79 Å². The van der Waals surface area contributed by atoms with E-state index in [0.717, 1.165) is 33.7 Å². The molecular weight excluding hydrogens is 398 g/mol. The standard InChI is InChI=1S/C28H23NO3/c30-17-22(16-19-13-14-20-7-1-2-8-21(20)15-19)29-28(31)32-18-27-25-11-5-3-9-23(25)24-10-4-6-12-26(24)27/h1-15,17,22,27H,16,18H2,(H,29,31)/t22-/m1/s1. The number of nitrogens with one attached hydrogen (secondary N) is 1. The molecule has 0 bridgehead atoms. The maximum Gasteiger partial charge on any atom is 0.407 e. The van der Waals surface area contributed by atoms with Crippen LogP contribution in [0.15, 0.2) is 91.0 Å². The van der Waals surface area contributed by atoms with Crippen molar-refractivity contribution in [1.82, 2.24) is 5.32 Å². The lowest BCUT2D eigenvalue weighted by atomic mass is 9.98. The minimum atomic E-state index is -0.646. The minimum absolute atomic E-state index is 0.0108. The Hall–Kier alpha value is -3.92. The number of amides is 1. The van der Waals surface area contributed by atoms with Crippen molar-refractivity contribution >= 4 is 23.2 Å². The van der Waals surface area contributed by atoms with Gasteiger partial charge in [0.1, 0.15) is 12.9 Å². The number of fused-ring (bicyclic) bond motifs is 4. The molecule has 158 valence electrons. The van der Waals surface area contributed by atoms with Gasteiger partial charge in [0.05, 0.1) is 6.04 Å². The van der Waals surface area contributed by atoms with Gasteiger partial charge in [-0.1, -0.05) is 91.0 Å². The van der Waals surface area contributed by atoms with Crippen molar-refractivity contribution < 1.29 is 14.3 Å². The molecule has 1 amide bonds. The van der Waals surface area contributed by atoms with Crippen molar-refractivity contribution in [2.24, 2.45) is 0 Å². The summed E-state index contributed by atoms with van der Waals surface area (Å²) >= 11 is 0. The first-order chi connectivity index (χ1) is 15.7. The van der Waals surface area contributed by atoms with Crippen LogP contribution >= 0.6 is 0 Å². The van der Waals surface area contributed by atoms with Crippen LogP contribution in [0, 0.1) is 0 Å². The molecule has 0 heterocycles. The van der Waals surface area contributed by atoms with Crippen molar-refractivity contribution in [1.29, 1.82) is 0 Å². The molecule has 1 N–H and O–H groups in total. The predicted octanol–water partition coefficient (Wildman–Crippen LogP) is 5.49. The Morgan fingerprint density at radius 3 is 2.16 bits per heavy atom. The van der Waals surface area contributed by atoms with Crippen LogP contribution in [-0.2, 0) is 16.0 Å². The topological polar surface area (TPSA) is 55.4 Å². The fourth-order valence-corrected chi connectivity index (χ4v) is 4.54. The fourth-order valence-electron chi connectivity index (χ4n) is 4.54. The van der Waals surface area contributed by atoms with Crippen molar-refractivity contribution in [3.8, 4) is 11.1 Å². The van der Waals surface area contributed by atoms with Crippen molar-refractivity contribution in [3.05, 3.63) is 108 Å². The van der Waals surface area contributed by atoms with Crippen molar-refractivity contribution in [2.45, 2.75) is 18.4 Å². The number of carbonyl (C=O) groups excluding carboxylic acids is 2. The van der Waals surface area contributed by atoms with E-state index < -0.39 is 12.1 Å². The Morgan fingerprint density at radius 1 is 0.844 bits per heavy atom. The van der Waals surface area contributed by atoms with E-state index in [0.29, 0.717) is 6.42 Å². The lowest BCUT2D eigenvalue weighted by Crippen LogP contribution is -2.38. The third-order valence-corrected chi connectivity index (χ3v) is 6.08. The zero-order chi connectivity index (χ0) is 21.9. The highest BCUT2D eigenvalue weighted by Crippen LogP contribution is 2.44. The highest BCUT2D eigenvalue weighted by molar-refractivity contribution is 5.83. The molecule has 5 rings (SSSR count). The van der Waals surface area contributed by atoms with Gasteiger partial charge < -0.3 is 14.8 Å². The number of alkyl carbamates (subject to hydrolysis) is 1. The summed E-state index contributed by atoms with van der Waals surface area (Å²) < 4.78 is 5.57. The molecule has 4 nitrogen and oxygen atoms in total. The molecule has 0 saturated heterocycles. The number of carbonyl (C=O) groups is 2. The van der Waals surface area contributed by atoms with E-state index in [4.69, 9.17) is 4.74 Å². The number of hydrogen-bond donors (Lipinski definition) is 1. The van der Waals surface area contributed by atoms with Gasteiger partial charge in [-0.3, -0.25) is 0 Å². The van der Waals surface area contributed by atoms with E-state index in [1.165, 1.54) is 11.1 Å². The monoisotopic (exact) mass is 421 g/mol. The smallest absolute Gasteiger partial charge is 0.407 e. The fraction of sp³-hybridized carbons (Fsp3) is 0.143. The third kappa shape index (κ3) is 3.87. The molecule has 4 aromatic carbocycles. The van der Waals surface area contributed by atoms with Crippen LogP contribution in [0.4, 0.5) is 4.79 Å². The molecule has 0 spiro atoms. The first kappa shape index (κ1) is 20.0. The molecule has 4 heteroatoms. The zero-order valence-electron chi connectivity index (χ0n) is 17.5. The van der Waals surface area contributed by atoms with Gasteiger partial charge in [0, 0.05) is 5.92 Å². The lowest BCUT2D eigenvalue weighted by molar-refractivity contribution is -0.109. The average molecular weight is 421 g/mol. The number of benzene rings is 4. The molecule has 0 saturated carbocycles. The lowest BCUT2D eigenvalue weighted by Gasteiger charge is -2.17. The molecule has 4 aromatic rings. The average Bonchev–Trinajstić information content (AvgIpc) is 3.16. The van der Waals surface area contributed by atoms with Gasteiger partial charge in [0.25, 0.3) is 0 Å². The first-order valence-corrected chi connectivity index (χ1v) is 10.8. The molecule has 1 aliphatic rings. The van der Waals surface area contributed by atoms with Crippen LogP contribution in [0.5, 0.6) is 0 Å². The van der Waals surface area contributed by atoms with E-state index in [1.54, 1.807) is 0 Å². The van der Waals surface area contributed by atoms with Crippen LogP contribution in [0.1, 0.15) is 22.6 Å². The van der Waals surface area contributed by atoms with Crippen LogP contribution in [0.2, 0.25) is 0 Å². The van der Waals surface area contributed by atoms with Crippen LogP contribution < -0.4 is 5.32 Å². The van der Waals surface area contributed by atoms with Crippen molar-refractivity contribution in [2.75, 3.05) is 6.61 Å². The molecule has 0 fully saturated rings. The van der Waals surface area contributed by atoms with Gasteiger partial charge in [0.2, 0.25) is 0 Å².